The molecule has 0 unspecified atom stereocenters. The maximum atomic E-state index is 11.0. The summed E-state index contributed by atoms with van der Waals surface area (Å²) >= 11 is 0. The molecule has 1 aliphatic heterocycles. The highest BCUT2D eigenvalue weighted by atomic mass is 32.3. The van der Waals surface area contributed by atoms with Crippen LogP contribution in [-0.2, 0) is 20.7 Å². The van der Waals surface area contributed by atoms with Crippen LogP contribution in [0, 0.1) is 5.21 Å². The third-order valence-corrected chi connectivity index (χ3v) is 5.42. The van der Waals surface area contributed by atoms with E-state index in [2.05, 4.69) is 0 Å². The first-order valence-electron chi connectivity index (χ1n) is 3.37. The van der Waals surface area contributed by atoms with Gasteiger partial charge in [-0.05, 0) is 12.8 Å². The predicted molar refractivity (Wildman–Crippen MR) is 44.8 cm³/mol. The fourth-order valence-electron chi connectivity index (χ4n) is 0.980. The Hall–Kier alpha value is 0.0600. The lowest BCUT2D eigenvalue weighted by molar-refractivity contribution is -0.247. The van der Waals surface area contributed by atoms with Gasteiger partial charge in [0.1, 0.15) is 6.26 Å². The summed E-state index contributed by atoms with van der Waals surface area (Å²) in [7, 11) is -4.05. The van der Waals surface area contributed by atoms with E-state index in [9.17, 15) is 13.6 Å². The minimum atomic E-state index is -3.50. The van der Waals surface area contributed by atoms with Crippen LogP contribution in [0.2, 0.25) is 0 Å². The molecule has 11 heavy (non-hydrogen) atoms. The van der Waals surface area contributed by atoms with Crippen LogP contribution < -0.4 is 0 Å². The summed E-state index contributed by atoms with van der Waals surface area (Å²) < 4.78 is 21.8. The molecule has 1 saturated heterocycles. The zero-order valence-corrected chi connectivity index (χ0v) is 7.95. The van der Waals surface area contributed by atoms with Crippen molar-refractivity contribution < 1.29 is 11.9 Å². The van der Waals surface area contributed by atoms with Crippen LogP contribution in [0.5, 0.6) is 0 Å². The van der Waals surface area contributed by atoms with E-state index >= 15 is 0 Å². The summed E-state index contributed by atoms with van der Waals surface area (Å²) in [5.74, 6) is 1.49. The fraction of sp³-hybridized carbons (Fsp3) is 1.00. The Morgan fingerprint density at radius 1 is 1.36 bits per heavy atom. The van der Waals surface area contributed by atoms with Crippen molar-refractivity contribution in [1.29, 1.82) is 0 Å². The van der Waals surface area contributed by atoms with Gasteiger partial charge < -0.3 is 5.21 Å². The van der Waals surface area contributed by atoms with E-state index in [1.54, 1.807) is 0 Å². The lowest BCUT2D eigenvalue weighted by atomic mass is 10.4. The number of hydrogen-bond donors (Lipinski definition) is 0. The molecule has 1 heterocycles. The Morgan fingerprint density at radius 3 is 2.18 bits per heavy atom. The molecule has 0 aliphatic carbocycles. The summed E-state index contributed by atoms with van der Waals surface area (Å²) in [5, 5.41) is 11.0. The Kier molecular flexibility index (Phi) is 2.66. The minimum Gasteiger partial charge on any atom is -0.529 e. The normalized spacial score (nSPS) is 20.5. The van der Waals surface area contributed by atoms with Gasteiger partial charge in [-0.1, -0.05) is 0 Å². The molecule has 0 aromatic rings. The zero-order chi connectivity index (χ0) is 8.48. The van der Waals surface area contributed by atoms with E-state index < -0.39 is 20.7 Å². The Balaban J connectivity index is 2.96. The van der Waals surface area contributed by atoms with Gasteiger partial charge in [-0.3, -0.25) is 0 Å². The molecule has 1 rings (SSSR count). The van der Waals surface area contributed by atoms with Crippen molar-refractivity contribution in [1.82, 2.24) is 0 Å². The van der Waals surface area contributed by atoms with Crippen LogP contribution in [0.4, 0.5) is 0 Å². The molecule has 4 nitrogen and oxygen atoms in total. The van der Waals surface area contributed by atoms with Crippen LogP contribution in [-0.4, -0.2) is 29.7 Å². The van der Waals surface area contributed by atoms with E-state index in [1.807, 2.05) is 0 Å². The summed E-state index contributed by atoms with van der Waals surface area (Å²) in [6.45, 7) is 0. The Labute approximate surface area is 68.9 Å². The van der Waals surface area contributed by atoms with Crippen LogP contribution in [0.25, 0.3) is 0 Å². The second-order valence-electron chi connectivity index (χ2n) is 2.53. The number of nitrogens with zero attached hydrogens (tertiary/aromatic N) is 1. The Morgan fingerprint density at radius 2 is 1.82 bits per heavy atom. The lowest BCUT2D eigenvalue weighted by Gasteiger charge is -2.03. The predicted octanol–water partition coefficient (Wildman–Crippen LogP) is 0.0520. The first-order chi connectivity index (χ1) is 5.02. The molecule has 0 amide bonds. The standard InChI is InChI=1S/C5H11NO3S2/c1-11(8,9)6(7)10-4-2-3-5-10/h2-5H2,1H3. The van der Waals surface area contributed by atoms with Gasteiger partial charge in [-0.25, -0.2) is 0 Å². The summed E-state index contributed by atoms with van der Waals surface area (Å²) in [6.07, 6.45) is 2.93. The molecule has 66 valence electrons. The second kappa shape index (κ2) is 3.20. The molecule has 0 atom stereocenters. The van der Waals surface area contributed by atoms with Gasteiger partial charge in [0.05, 0.1) is 10.7 Å². The number of rotatable bonds is 1. The fourth-order valence-corrected chi connectivity index (χ4v) is 4.54. The summed E-state index contributed by atoms with van der Waals surface area (Å²) in [5.41, 5.74) is 0. The molecule has 0 saturated carbocycles. The molecule has 0 radical (unpaired) electrons. The van der Waals surface area contributed by atoms with Crippen LogP contribution in [0.15, 0.2) is 0 Å². The van der Waals surface area contributed by atoms with Gasteiger partial charge in [0, 0.05) is 11.5 Å². The van der Waals surface area contributed by atoms with Crippen LogP contribution >= 0.6 is 0 Å². The van der Waals surface area contributed by atoms with Gasteiger partial charge in [-0.15, -0.1) is 3.51 Å². The molecule has 1 aliphatic rings. The molecular formula is C5H11NO3S2. The molecular weight excluding hydrogens is 186 g/mol. The molecule has 0 aromatic heterocycles. The van der Waals surface area contributed by atoms with Crippen molar-refractivity contribution in [2.24, 2.45) is 0 Å². The SMILES string of the molecule is CS(=O)(=O)[N+]([O-])=S1CCCC1. The summed E-state index contributed by atoms with van der Waals surface area (Å²) in [6, 6.07) is 0. The highest BCUT2D eigenvalue weighted by Gasteiger charge is 2.19. The van der Waals surface area contributed by atoms with Crippen molar-refractivity contribution in [2.45, 2.75) is 12.8 Å². The smallest absolute Gasteiger partial charge is 0.370 e. The van der Waals surface area contributed by atoms with Crippen molar-refractivity contribution in [3.05, 3.63) is 5.21 Å². The first kappa shape index (κ1) is 9.15. The molecule has 0 N–H and O–H groups in total. The zero-order valence-electron chi connectivity index (χ0n) is 6.32. The number of hydrogen-bond acceptors (Lipinski definition) is 3. The molecule has 6 heteroatoms. The van der Waals surface area contributed by atoms with Crippen molar-refractivity contribution in [3.63, 3.8) is 0 Å². The maximum absolute atomic E-state index is 11.0. The van der Waals surface area contributed by atoms with Crippen molar-refractivity contribution in [2.75, 3.05) is 17.8 Å². The average molecular weight is 197 g/mol. The van der Waals surface area contributed by atoms with Gasteiger partial charge in [-0.2, -0.15) is 8.42 Å². The largest absolute Gasteiger partial charge is 0.529 e. The quantitative estimate of drug-likeness (QED) is 0.441. The van der Waals surface area contributed by atoms with E-state index in [-0.39, 0.29) is 3.51 Å². The topological polar surface area (TPSA) is 60.2 Å². The molecule has 1 fully saturated rings. The third kappa shape index (κ3) is 2.25. The second-order valence-corrected chi connectivity index (χ2v) is 6.64. The van der Waals surface area contributed by atoms with Gasteiger partial charge >= 0.3 is 10.0 Å². The van der Waals surface area contributed by atoms with Crippen molar-refractivity contribution >= 4 is 20.7 Å². The van der Waals surface area contributed by atoms with E-state index in [0.29, 0.717) is 0 Å². The summed E-state index contributed by atoms with van der Waals surface area (Å²) in [4.78, 5) is 0. The molecule has 0 spiro atoms. The van der Waals surface area contributed by atoms with E-state index in [1.165, 1.54) is 0 Å². The average Bonchev–Trinajstić information content (AvgIpc) is 2.34. The highest BCUT2D eigenvalue weighted by Crippen LogP contribution is 2.09. The Bertz CT molecular complexity index is 272. The van der Waals surface area contributed by atoms with Gasteiger partial charge in [0.15, 0.2) is 0 Å². The third-order valence-electron chi connectivity index (χ3n) is 1.49. The van der Waals surface area contributed by atoms with Crippen molar-refractivity contribution in [3.8, 4) is 0 Å². The number of sulfonamides is 1. The van der Waals surface area contributed by atoms with Gasteiger partial charge in [0.2, 0.25) is 0 Å². The highest BCUT2D eigenvalue weighted by molar-refractivity contribution is 7.93. The van der Waals surface area contributed by atoms with Crippen LogP contribution in [0.3, 0.4) is 0 Å². The first-order valence-corrected chi connectivity index (χ1v) is 6.73. The molecule has 0 bridgehead atoms. The minimum absolute atomic E-state index is 0.278. The van der Waals surface area contributed by atoms with Crippen LogP contribution in [0.1, 0.15) is 12.8 Å². The molecule has 0 aromatic carbocycles. The maximum Gasteiger partial charge on any atom is 0.370 e. The van der Waals surface area contributed by atoms with E-state index in [0.717, 1.165) is 30.6 Å². The van der Waals surface area contributed by atoms with Gasteiger partial charge in [0.25, 0.3) is 0 Å². The van der Waals surface area contributed by atoms with E-state index in [4.69, 9.17) is 0 Å². The monoisotopic (exact) mass is 197 g/mol. The lowest BCUT2D eigenvalue weighted by Crippen LogP contribution is -2.18.